The Kier molecular flexibility index (Phi) is 2.35. The summed E-state index contributed by atoms with van der Waals surface area (Å²) in [6.07, 6.45) is 0. The van der Waals surface area contributed by atoms with Gasteiger partial charge in [0.1, 0.15) is 0 Å². The van der Waals surface area contributed by atoms with Gasteiger partial charge < -0.3 is 15.0 Å². The lowest BCUT2D eigenvalue weighted by Gasteiger charge is -2.38. The van der Waals surface area contributed by atoms with Gasteiger partial charge in [-0.25, -0.2) is 0 Å². The van der Waals surface area contributed by atoms with Crippen molar-refractivity contribution in [2.75, 3.05) is 31.2 Å². The highest BCUT2D eigenvalue weighted by Crippen LogP contribution is 2.23. The number of nitrogens with zero attached hydrogens (tertiary/aromatic N) is 1. The summed E-state index contributed by atoms with van der Waals surface area (Å²) in [5.74, 6) is 0. The summed E-state index contributed by atoms with van der Waals surface area (Å²) in [5, 5.41) is 3.51. The molecular formula is C12H16N2O. The third-order valence-corrected chi connectivity index (χ3v) is 3.30. The van der Waals surface area contributed by atoms with Gasteiger partial charge in [0.2, 0.25) is 0 Å². The van der Waals surface area contributed by atoms with Gasteiger partial charge in [-0.3, -0.25) is 0 Å². The topological polar surface area (TPSA) is 24.5 Å². The zero-order chi connectivity index (χ0) is 10.1. The molecule has 3 nitrogen and oxygen atoms in total. The lowest BCUT2D eigenvalue weighted by Crippen LogP contribution is -2.57. The first-order chi connectivity index (χ1) is 7.45. The van der Waals surface area contributed by atoms with E-state index in [2.05, 4.69) is 40.5 Å². The third-order valence-electron chi connectivity index (χ3n) is 3.30. The summed E-state index contributed by atoms with van der Waals surface area (Å²) >= 11 is 0. The number of fused-ring (bicyclic) bond motifs is 1. The molecule has 0 aliphatic carbocycles. The predicted molar refractivity (Wildman–Crippen MR) is 60.2 cm³/mol. The van der Waals surface area contributed by atoms with Crippen LogP contribution >= 0.6 is 0 Å². The number of hydrogen-bond acceptors (Lipinski definition) is 3. The maximum Gasteiger partial charge on any atom is 0.0699 e. The van der Waals surface area contributed by atoms with Gasteiger partial charge in [0.15, 0.2) is 0 Å². The van der Waals surface area contributed by atoms with Crippen LogP contribution in [0.25, 0.3) is 0 Å². The van der Waals surface area contributed by atoms with Crippen molar-refractivity contribution in [3.63, 3.8) is 0 Å². The molecule has 1 aromatic rings. The van der Waals surface area contributed by atoms with Crippen LogP contribution in [0.15, 0.2) is 30.3 Å². The van der Waals surface area contributed by atoms with Crippen LogP contribution in [0.3, 0.4) is 0 Å². The Morgan fingerprint density at radius 2 is 2.07 bits per heavy atom. The second-order valence-electron chi connectivity index (χ2n) is 4.19. The van der Waals surface area contributed by atoms with Gasteiger partial charge in [-0.05, 0) is 12.1 Å². The van der Waals surface area contributed by atoms with Crippen LogP contribution in [0.2, 0.25) is 0 Å². The molecule has 15 heavy (non-hydrogen) atoms. The van der Waals surface area contributed by atoms with Gasteiger partial charge in [0.25, 0.3) is 0 Å². The highest BCUT2D eigenvalue weighted by Gasteiger charge is 2.35. The average Bonchev–Trinajstić information content (AvgIpc) is 2.78. The van der Waals surface area contributed by atoms with Crippen molar-refractivity contribution >= 4 is 5.69 Å². The first kappa shape index (κ1) is 9.19. The van der Waals surface area contributed by atoms with E-state index in [4.69, 9.17) is 4.74 Å². The monoisotopic (exact) mass is 204 g/mol. The van der Waals surface area contributed by atoms with Gasteiger partial charge in [-0.2, -0.15) is 0 Å². The van der Waals surface area contributed by atoms with Crippen LogP contribution in [0, 0.1) is 0 Å². The zero-order valence-electron chi connectivity index (χ0n) is 8.73. The van der Waals surface area contributed by atoms with E-state index < -0.39 is 0 Å². The van der Waals surface area contributed by atoms with Crippen molar-refractivity contribution < 1.29 is 4.74 Å². The molecule has 3 rings (SSSR count). The summed E-state index contributed by atoms with van der Waals surface area (Å²) in [6, 6.07) is 11.7. The number of anilines is 1. The van der Waals surface area contributed by atoms with Crippen molar-refractivity contribution in [3.05, 3.63) is 30.3 Å². The molecule has 0 bridgehead atoms. The van der Waals surface area contributed by atoms with Crippen molar-refractivity contribution in [1.82, 2.24) is 5.32 Å². The quantitative estimate of drug-likeness (QED) is 0.734. The second kappa shape index (κ2) is 3.83. The molecule has 2 saturated heterocycles. The van der Waals surface area contributed by atoms with E-state index in [0.717, 1.165) is 26.3 Å². The van der Waals surface area contributed by atoms with Crippen LogP contribution in [0.5, 0.6) is 0 Å². The van der Waals surface area contributed by atoms with Crippen molar-refractivity contribution in [2.24, 2.45) is 0 Å². The molecule has 1 aromatic carbocycles. The Bertz CT molecular complexity index is 328. The highest BCUT2D eigenvalue weighted by molar-refractivity contribution is 5.48. The van der Waals surface area contributed by atoms with Crippen LogP contribution < -0.4 is 10.2 Å². The smallest absolute Gasteiger partial charge is 0.0699 e. The second-order valence-corrected chi connectivity index (χ2v) is 4.19. The number of nitrogens with one attached hydrogen (secondary N) is 1. The minimum Gasteiger partial charge on any atom is -0.378 e. The van der Waals surface area contributed by atoms with Crippen molar-refractivity contribution in [1.29, 1.82) is 0 Å². The molecule has 2 aliphatic rings. The molecular weight excluding hydrogens is 188 g/mol. The fourth-order valence-electron chi connectivity index (χ4n) is 2.52. The zero-order valence-corrected chi connectivity index (χ0v) is 8.73. The molecule has 3 heteroatoms. The average molecular weight is 204 g/mol. The van der Waals surface area contributed by atoms with E-state index in [-0.39, 0.29) is 0 Å². The normalized spacial score (nSPS) is 30.3. The predicted octanol–water partition coefficient (Wildman–Crippen LogP) is 0.864. The largest absolute Gasteiger partial charge is 0.378 e. The van der Waals surface area contributed by atoms with Crippen LogP contribution in [0.4, 0.5) is 5.69 Å². The summed E-state index contributed by atoms with van der Waals surface area (Å²) in [7, 11) is 0. The fourth-order valence-corrected chi connectivity index (χ4v) is 2.52. The standard InChI is InChI=1S/C12H16N2O/c1-2-4-10(5-3-1)14-7-6-13-11-8-15-9-12(11)14/h1-5,11-13H,6-9H2. The van der Waals surface area contributed by atoms with Crippen molar-refractivity contribution in [3.8, 4) is 0 Å². The van der Waals surface area contributed by atoms with Crippen LogP contribution in [0.1, 0.15) is 0 Å². The van der Waals surface area contributed by atoms with E-state index in [0.29, 0.717) is 12.1 Å². The summed E-state index contributed by atoms with van der Waals surface area (Å²) < 4.78 is 5.54. The highest BCUT2D eigenvalue weighted by atomic mass is 16.5. The van der Waals surface area contributed by atoms with E-state index in [9.17, 15) is 0 Å². The molecule has 0 radical (unpaired) electrons. The van der Waals surface area contributed by atoms with Gasteiger partial charge >= 0.3 is 0 Å². The number of rotatable bonds is 1. The Labute approximate surface area is 90.0 Å². The molecule has 2 atom stereocenters. The van der Waals surface area contributed by atoms with Gasteiger partial charge in [-0.1, -0.05) is 18.2 Å². The fraction of sp³-hybridized carbons (Fsp3) is 0.500. The molecule has 0 saturated carbocycles. The van der Waals surface area contributed by atoms with Crippen molar-refractivity contribution in [2.45, 2.75) is 12.1 Å². The summed E-state index contributed by atoms with van der Waals surface area (Å²) in [6.45, 7) is 3.84. The van der Waals surface area contributed by atoms with Crippen LogP contribution in [-0.2, 0) is 4.74 Å². The molecule has 2 fully saturated rings. The summed E-state index contributed by atoms with van der Waals surface area (Å²) in [4.78, 5) is 2.47. The number of benzene rings is 1. The molecule has 0 aromatic heterocycles. The number of ether oxygens (including phenoxy) is 1. The maximum absolute atomic E-state index is 5.54. The summed E-state index contributed by atoms with van der Waals surface area (Å²) in [5.41, 5.74) is 1.32. The molecule has 2 heterocycles. The maximum atomic E-state index is 5.54. The van der Waals surface area contributed by atoms with E-state index in [1.54, 1.807) is 0 Å². The Morgan fingerprint density at radius 3 is 2.93 bits per heavy atom. The van der Waals surface area contributed by atoms with Gasteiger partial charge in [0, 0.05) is 18.8 Å². The third kappa shape index (κ3) is 1.62. The SMILES string of the molecule is c1ccc(N2CCNC3COCC32)cc1. The molecule has 0 spiro atoms. The van der Waals surface area contributed by atoms with E-state index in [1.165, 1.54) is 5.69 Å². The van der Waals surface area contributed by atoms with Gasteiger partial charge in [0.05, 0.1) is 25.3 Å². The Morgan fingerprint density at radius 1 is 1.20 bits per heavy atom. The Hall–Kier alpha value is -1.06. The molecule has 2 aliphatic heterocycles. The van der Waals surface area contributed by atoms with E-state index >= 15 is 0 Å². The minimum absolute atomic E-state index is 0.513. The number of para-hydroxylation sites is 1. The molecule has 2 unspecified atom stereocenters. The van der Waals surface area contributed by atoms with Gasteiger partial charge in [-0.15, -0.1) is 0 Å². The lowest BCUT2D eigenvalue weighted by molar-refractivity contribution is 0.189. The first-order valence-corrected chi connectivity index (χ1v) is 5.58. The Balaban J connectivity index is 1.85. The number of piperazine rings is 1. The minimum atomic E-state index is 0.513. The molecule has 1 N–H and O–H groups in total. The molecule has 0 amide bonds. The number of hydrogen-bond donors (Lipinski definition) is 1. The van der Waals surface area contributed by atoms with E-state index in [1.807, 2.05) is 0 Å². The van der Waals surface area contributed by atoms with Crippen LogP contribution in [-0.4, -0.2) is 38.4 Å². The first-order valence-electron chi connectivity index (χ1n) is 5.58. The lowest BCUT2D eigenvalue weighted by atomic mass is 10.1. The molecule has 80 valence electrons.